The van der Waals surface area contributed by atoms with Crippen molar-refractivity contribution in [2.45, 2.75) is 272 Å². The number of esters is 10. The van der Waals surface area contributed by atoms with Gasteiger partial charge in [-0.1, -0.05) is 43.6 Å². The molecule has 0 aromatic rings. The van der Waals surface area contributed by atoms with Crippen LogP contribution in [0.3, 0.4) is 0 Å². The van der Waals surface area contributed by atoms with Crippen LogP contribution in [0, 0.1) is 34.0 Å². The van der Waals surface area contributed by atoms with E-state index in [4.69, 9.17) is 75.8 Å². The van der Waals surface area contributed by atoms with Crippen LogP contribution >= 0.6 is 0 Å². The van der Waals surface area contributed by atoms with E-state index < -0.39 is 211 Å². The van der Waals surface area contributed by atoms with Gasteiger partial charge in [-0.3, -0.25) is 47.9 Å². The molecule has 5 fully saturated rings. The van der Waals surface area contributed by atoms with Gasteiger partial charge in [-0.15, -0.1) is 0 Å². The van der Waals surface area contributed by atoms with E-state index in [0.29, 0.717) is 38.5 Å². The highest BCUT2D eigenvalue weighted by Gasteiger charge is 2.68. The van der Waals surface area contributed by atoms with Gasteiger partial charge in [0.25, 0.3) is 0 Å². The molecule has 2 saturated carbocycles. The van der Waals surface area contributed by atoms with Crippen LogP contribution in [0.1, 0.15) is 169 Å². The maximum absolute atomic E-state index is 14.1. The van der Waals surface area contributed by atoms with Crippen LogP contribution in [-0.2, 0) is 129 Å². The van der Waals surface area contributed by atoms with Crippen molar-refractivity contribution >= 4 is 65.7 Å². The molecule has 3 aliphatic heterocycles. The predicted octanol–water partition coefficient (Wildman–Crippen LogP) is 3.72. The molecule has 0 radical (unpaired) electrons. The molecule has 0 spiro atoms. The molecule has 4 aliphatic carbocycles. The number of carbonyl (C=O) groups excluding carboxylic acids is 11. The van der Waals surface area contributed by atoms with E-state index in [2.05, 4.69) is 0 Å². The fourth-order valence-electron chi connectivity index (χ4n) is 16.2. The van der Waals surface area contributed by atoms with E-state index in [1.807, 2.05) is 40.7 Å². The van der Waals surface area contributed by atoms with Crippen LogP contribution in [0.4, 0.5) is 0 Å². The predicted molar refractivity (Wildman–Crippen MR) is 318 cm³/mol. The van der Waals surface area contributed by atoms with Gasteiger partial charge in [0.05, 0.1) is 24.3 Å². The van der Waals surface area contributed by atoms with Crippen LogP contribution in [-0.4, -0.2) is 194 Å². The molecule has 3 heterocycles. The second-order valence-corrected chi connectivity index (χ2v) is 26.8. The normalized spacial score (nSPS) is 37.1. The molecule has 0 unspecified atom stereocenters. The van der Waals surface area contributed by atoms with E-state index >= 15 is 0 Å². The first-order chi connectivity index (χ1) is 44.4. The average Bonchev–Trinajstić information content (AvgIpc) is 1.65. The lowest BCUT2D eigenvalue weighted by Gasteiger charge is -2.62. The van der Waals surface area contributed by atoms with Crippen molar-refractivity contribution in [1.29, 1.82) is 0 Å². The third-order valence-electron chi connectivity index (χ3n) is 19.9. The quantitative estimate of drug-likeness (QED) is 0.0865. The third-order valence-corrected chi connectivity index (χ3v) is 19.9. The third kappa shape index (κ3) is 16.7. The monoisotopic (exact) mass is 1350 g/mol. The molecule has 1 N–H and O–H groups in total. The van der Waals surface area contributed by atoms with Crippen molar-refractivity contribution in [3.8, 4) is 0 Å². The van der Waals surface area contributed by atoms with E-state index in [1.165, 1.54) is 6.92 Å². The lowest BCUT2D eigenvalue weighted by Crippen LogP contribution is -2.68. The second-order valence-electron chi connectivity index (χ2n) is 26.8. The number of rotatable bonds is 23. The van der Waals surface area contributed by atoms with Crippen molar-refractivity contribution < 1.29 is 139 Å². The number of allylic oxidation sites excluding steroid dienone is 2. The summed E-state index contributed by atoms with van der Waals surface area (Å²) in [5.41, 5.74) is -2.04. The van der Waals surface area contributed by atoms with Gasteiger partial charge in [0, 0.05) is 81.1 Å². The summed E-state index contributed by atoms with van der Waals surface area (Å²) in [6, 6.07) is 0. The van der Waals surface area contributed by atoms with E-state index in [9.17, 15) is 63.0 Å². The van der Waals surface area contributed by atoms with E-state index in [1.54, 1.807) is 6.92 Å². The van der Waals surface area contributed by atoms with Gasteiger partial charge in [0.15, 0.2) is 67.7 Å². The number of carbonyl (C=O) groups is 11. The summed E-state index contributed by atoms with van der Waals surface area (Å²) < 4.78 is 95.7. The molecular formula is C66H93O29-. The Morgan fingerprint density at radius 2 is 1.00 bits per heavy atom. The summed E-state index contributed by atoms with van der Waals surface area (Å²) in [6.45, 7) is 20.3. The van der Waals surface area contributed by atoms with Crippen LogP contribution in [0.2, 0.25) is 0 Å². The molecule has 0 amide bonds. The van der Waals surface area contributed by atoms with Crippen molar-refractivity contribution in [3.63, 3.8) is 0 Å². The van der Waals surface area contributed by atoms with Gasteiger partial charge in [-0.05, 0) is 101 Å². The summed E-state index contributed by atoms with van der Waals surface area (Å²) in [4.78, 5) is 142. The average molecular weight is 1350 g/mol. The molecule has 0 aromatic carbocycles. The SMILES string of the molecule is CC(=O)OC[C@H]1O[C@@H](O[C@H]2CO[C@H](O[C@H]3[C@H](O[C@H]4CC[C@]5(C)C6=C(CC[C@H]5[C@@]4(C)O)[C@]4(C(=O)[O-])CC[C@H]([C@H](C)[C@H](CC=C(C)C)OC(C)=O)[C@@]4(C)CC6)O[C@H](COC(C)=O)[C@H](OC(C)=O)[C@@H]3OC(C)=O)[C@H](OC(C)=O)[C@H]2OC(C)=O)[C@H](OC(C)=O)[C@@H](OC(C)=O)[C@H]1OC(C)=O. The van der Waals surface area contributed by atoms with Gasteiger partial charge in [-0.2, -0.15) is 0 Å². The molecule has 3 saturated heterocycles. The zero-order valence-electron chi connectivity index (χ0n) is 56.9. The highest BCUT2D eigenvalue weighted by molar-refractivity contribution is 5.80. The fraction of sp³-hybridized carbons (Fsp3) is 0.773. The van der Waals surface area contributed by atoms with Crippen LogP contribution in [0.15, 0.2) is 22.8 Å². The standard InChI is InChI=1S/C66H94O29/c1-30(2)17-19-45(83-34(6)69)31(3)42-22-26-66(62(77)78)44-18-20-49-63(14,43(44)21-25-64(42,66)15)24-23-50(65(49,16)79)94-61-58(55(88-39(11)74)52(85-36(8)71)47(93-61)28-81-33(5)68)95-59-56(89-40(12)75)53(86-37(9)72)48(29-82-59)92-60-57(90-41(13)76)54(87-38(10)73)51(84-35(7)70)46(91-60)27-80-32(4)67/h17,31,42,45-61,79H,18-29H2,1-16H3,(H,77,78)/p-1/t31-,42+,45-,46+,47+,48-,49+,50-,51-,52-,53-,54-,55-,56+,57+,58+,59+,60-,61-,63+,64+,65+,66-/m0/s1. The maximum atomic E-state index is 14.1. The van der Waals surface area contributed by atoms with Crippen molar-refractivity contribution in [2.75, 3.05) is 19.8 Å². The van der Waals surface area contributed by atoms with E-state index in [-0.39, 0.29) is 31.1 Å². The largest absolute Gasteiger partial charge is 0.549 e. The molecule has 95 heavy (non-hydrogen) atoms. The second kappa shape index (κ2) is 30.8. The highest BCUT2D eigenvalue weighted by atomic mass is 16.8. The fourth-order valence-corrected chi connectivity index (χ4v) is 16.2. The Bertz CT molecular complexity index is 2970. The molecule has 7 aliphatic rings. The lowest BCUT2D eigenvalue weighted by atomic mass is 9.44. The van der Waals surface area contributed by atoms with Gasteiger partial charge in [0.2, 0.25) is 0 Å². The molecule has 29 heteroatoms. The Morgan fingerprint density at radius 1 is 0.526 bits per heavy atom. The number of carboxylic acids is 1. The van der Waals surface area contributed by atoms with Crippen molar-refractivity contribution in [3.05, 3.63) is 22.8 Å². The first kappa shape index (κ1) is 75.7. The Kier molecular flexibility index (Phi) is 24.6. The number of fused-ring (bicyclic) bond motifs is 4. The molecule has 532 valence electrons. The zero-order chi connectivity index (χ0) is 70.6. The summed E-state index contributed by atoms with van der Waals surface area (Å²) in [7, 11) is 0. The number of hydrogen-bond donors (Lipinski definition) is 1. The molecule has 7 rings (SSSR count). The number of hydrogen-bond acceptors (Lipinski definition) is 29. The van der Waals surface area contributed by atoms with Gasteiger partial charge in [-0.25, -0.2) is 0 Å². The van der Waals surface area contributed by atoms with Gasteiger partial charge >= 0.3 is 59.7 Å². The Morgan fingerprint density at radius 3 is 1.48 bits per heavy atom. The molecular weight excluding hydrogens is 1260 g/mol. The first-order valence-electron chi connectivity index (χ1n) is 32.2. The number of carboxylic acid groups (broad SMARTS) is 1. The summed E-state index contributed by atoms with van der Waals surface area (Å²) in [5.74, 6) is -11.0. The van der Waals surface area contributed by atoms with Crippen LogP contribution in [0.5, 0.6) is 0 Å². The summed E-state index contributed by atoms with van der Waals surface area (Å²) in [6.07, 6.45) is -20.9. The number of aliphatic carboxylic acids is 1. The molecule has 23 atom stereocenters. The van der Waals surface area contributed by atoms with E-state index in [0.717, 1.165) is 79.0 Å². The minimum Gasteiger partial charge on any atom is -0.549 e. The zero-order valence-corrected chi connectivity index (χ0v) is 56.9. The molecule has 0 bridgehead atoms. The number of aliphatic hydroxyl groups is 1. The Balaban J connectivity index is 1.27. The highest BCUT2D eigenvalue weighted by Crippen LogP contribution is 2.72. The molecule has 0 aromatic heterocycles. The van der Waals surface area contributed by atoms with Crippen molar-refractivity contribution in [2.24, 2.45) is 34.0 Å². The number of ether oxygens (including phenoxy) is 16. The maximum Gasteiger partial charge on any atom is 0.303 e. The van der Waals surface area contributed by atoms with Crippen LogP contribution in [0.25, 0.3) is 0 Å². The minimum absolute atomic E-state index is 0.0794. The van der Waals surface area contributed by atoms with Crippen molar-refractivity contribution in [1.82, 2.24) is 0 Å². The first-order valence-corrected chi connectivity index (χ1v) is 32.2. The summed E-state index contributed by atoms with van der Waals surface area (Å²) in [5, 5.41) is 27.4. The molecule has 29 nitrogen and oxygen atoms in total. The summed E-state index contributed by atoms with van der Waals surface area (Å²) >= 11 is 0. The Hall–Kier alpha value is -6.63. The lowest BCUT2D eigenvalue weighted by molar-refractivity contribution is -0.380. The minimum atomic E-state index is -1.94. The topological polar surface area (TPSA) is 379 Å². The van der Waals surface area contributed by atoms with Gasteiger partial charge in [0.1, 0.15) is 37.6 Å². The van der Waals surface area contributed by atoms with Crippen LogP contribution < -0.4 is 5.11 Å². The van der Waals surface area contributed by atoms with Gasteiger partial charge < -0.3 is 90.8 Å². The Labute approximate surface area is 551 Å². The smallest absolute Gasteiger partial charge is 0.303 e.